The van der Waals surface area contributed by atoms with Crippen LogP contribution >= 0.6 is 0 Å². The van der Waals surface area contributed by atoms with Crippen LogP contribution in [-0.4, -0.2) is 140 Å². The summed E-state index contributed by atoms with van der Waals surface area (Å²) in [5, 5.41) is 87.7. The van der Waals surface area contributed by atoms with Crippen molar-refractivity contribution >= 4 is 5.91 Å². The van der Waals surface area contributed by atoms with E-state index in [0.29, 0.717) is 12.8 Å². The number of rotatable bonds is 75. The maximum atomic E-state index is 13.4. The van der Waals surface area contributed by atoms with Crippen molar-refractivity contribution in [3.63, 3.8) is 0 Å². The second-order valence-corrected chi connectivity index (χ2v) is 31.0. The third kappa shape index (κ3) is 53.7. The molecule has 0 saturated carbocycles. The van der Waals surface area contributed by atoms with Gasteiger partial charge in [0.05, 0.1) is 32.0 Å². The molecule has 1 amide bonds. The van der Waals surface area contributed by atoms with Gasteiger partial charge in [-0.2, -0.15) is 0 Å². The number of unbranched alkanes of at least 4 members (excludes halogenated alkanes) is 56. The lowest BCUT2D eigenvalue weighted by Crippen LogP contribution is -2.65. The highest BCUT2D eigenvalue weighted by molar-refractivity contribution is 5.76. The van der Waals surface area contributed by atoms with E-state index in [2.05, 4.69) is 55.6 Å². The molecule has 12 unspecified atom stereocenters. The normalized spacial score (nSPS) is 21.8. The Morgan fingerprint density at radius 1 is 0.343 bits per heavy atom. The monoisotopic (exact) mass is 1440 g/mol. The maximum absolute atomic E-state index is 13.4. The minimum absolute atomic E-state index is 0.245. The van der Waals surface area contributed by atoms with Crippen molar-refractivity contribution in [1.29, 1.82) is 0 Å². The lowest BCUT2D eigenvalue weighted by Gasteiger charge is -2.46. The number of carbonyl (C=O) groups excluding carboxylic acids is 1. The van der Waals surface area contributed by atoms with Crippen molar-refractivity contribution in [1.82, 2.24) is 5.32 Å². The molecule has 0 bridgehead atoms. The van der Waals surface area contributed by atoms with E-state index in [1.807, 2.05) is 6.08 Å². The van der Waals surface area contributed by atoms with E-state index in [-0.39, 0.29) is 18.9 Å². The van der Waals surface area contributed by atoms with Crippen LogP contribution < -0.4 is 5.32 Å². The summed E-state index contributed by atoms with van der Waals surface area (Å²) in [6.07, 6.45) is 80.9. The molecule has 0 radical (unpaired) electrons. The molecule has 14 heteroatoms. The summed E-state index contributed by atoms with van der Waals surface area (Å²) in [5.41, 5.74) is 0. The minimum Gasteiger partial charge on any atom is -0.394 e. The van der Waals surface area contributed by atoms with Gasteiger partial charge >= 0.3 is 0 Å². The van der Waals surface area contributed by atoms with E-state index in [4.69, 9.17) is 18.9 Å². The summed E-state index contributed by atoms with van der Waals surface area (Å²) in [4.78, 5) is 13.4. The molecule has 2 fully saturated rings. The highest BCUT2D eigenvalue weighted by Gasteiger charge is 2.51. The Morgan fingerprint density at radius 3 is 0.961 bits per heavy atom. The molecule has 9 N–H and O–H groups in total. The van der Waals surface area contributed by atoms with Crippen LogP contribution in [0.4, 0.5) is 0 Å². The van der Waals surface area contributed by atoms with Crippen molar-refractivity contribution in [2.24, 2.45) is 0 Å². The second-order valence-electron chi connectivity index (χ2n) is 31.0. The van der Waals surface area contributed by atoms with Crippen LogP contribution in [0.3, 0.4) is 0 Å². The highest BCUT2D eigenvalue weighted by Crippen LogP contribution is 2.31. The Labute approximate surface area is 626 Å². The SMILES string of the molecule is CCCCCCCCCC/C=C\CCCCCCCCCCCCCCCCCCCCCCCCCCCCCC(=O)NC(COC1OC(CO)C(OC2OC(CO)C(O)C(O)C2O)C(O)C1O)C(O)/C=C/CC/C=C/CC/C=C/CCCCCCCCCCCCCCCCCCCCC. The van der Waals surface area contributed by atoms with Gasteiger partial charge in [-0.3, -0.25) is 4.79 Å². The molecular formula is C88H165NO13. The van der Waals surface area contributed by atoms with Gasteiger partial charge in [0.2, 0.25) is 5.91 Å². The van der Waals surface area contributed by atoms with Crippen molar-refractivity contribution in [2.45, 2.75) is 485 Å². The number of hydrogen-bond acceptors (Lipinski definition) is 13. The highest BCUT2D eigenvalue weighted by atomic mass is 16.7. The third-order valence-corrected chi connectivity index (χ3v) is 21.5. The molecule has 102 heavy (non-hydrogen) atoms. The first-order valence-electron chi connectivity index (χ1n) is 43.9. The van der Waals surface area contributed by atoms with Gasteiger partial charge in [0.15, 0.2) is 12.6 Å². The molecule has 0 aromatic carbocycles. The van der Waals surface area contributed by atoms with E-state index >= 15 is 0 Å². The fraction of sp³-hybridized carbons (Fsp3) is 0.898. The van der Waals surface area contributed by atoms with E-state index in [1.54, 1.807) is 6.08 Å². The predicted octanol–water partition coefficient (Wildman–Crippen LogP) is 20.9. The molecule has 2 aliphatic rings. The summed E-state index contributed by atoms with van der Waals surface area (Å²) in [7, 11) is 0. The van der Waals surface area contributed by atoms with Crippen LogP contribution in [0.25, 0.3) is 0 Å². The standard InChI is InChI=1S/C88H165NO13/c1-3-5-7-9-11-13-15-17-19-21-23-25-27-29-31-33-34-35-36-37-38-39-40-41-42-44-46-48-50-52-54-56-58-60-62-64-66-68-70-72-80(93)89-76(75-99-87-85(98)83(96)86(79(74-91)101-87)102-88-84(97)82(95)81(94)78(73-90)100-88)77(92)71-69-67-65-63-61-59-57-55-53-51-49-47-45-43-32-30-28-26-24-22-20-18-16-14-12-10-8-6-4-2/h21,23,53,55,61,63,69,71,76-79,81-88,90-92,94-98H,3-20,22,24-52,54,56-60,62,64-68,70,72-75H2,1-2H3,(H,89,93)/b23-21-,55-53+,63-61+,71-69+. The van der Waals surface area contributed by atoms with Gasteiger partial charge in [-0.25, -0.2) is 0 Å². The average Bonchev–Trinajstić information content (AvgIpc) is 0.790. The first kappa shape index (κ1) is 96.0. The predicted molar refractivity (Wildman–Crippen MR) is 424 cm³/mol. The summed E-state index contributed by atoms with van der Waals surface area (Å²) < 4.78 is 22.9. The van der Waals surface area contributed by atoms with Crippen molar-refractivity contribution < 1.29 is 64.6 Å². The number of ether oxygens (including phenoxy) is 4. The van der Waals surface area contributed by atoms with Gasteiger partial charge < -0.3 is 65.1 Å². The zero-order valence-electron chi connectivity index (χ0n) is 66.1. The molecule has 12 atom stereocenters. The van der Waals surface area contributed by atoms with Crippen LogP contribution in [0.2, 0.25) is 0 Å². The number of nitrogens with one attached hydrogen (secondary N) is 1. The zero-order chi connectivity index (χ0) is 73.7. The van der Waals surface area contributed by atoms with Crippen molar-refractivity contribution in [2.75, 3.05) is 19.8 Å². The van der Waals surface area contributed by atoms with Gasteiger partial charge in [0.1, 0.15) is 48.8 Å². The largest absolute Gasteiger partial charge is 0.394 e. The topological polar surface area (TPSA) is 228 Å². The Balaban J connectivity index is 1.58. The van der Waals surface area contributed by atoms with Gasteiger partial charge in [-0.15, -0.1) is 0 Å². The number of amides is 1. The fourth-order valence-corrected chi connectivity index (χ4v) is 14.6. The zero-order valence-corrected chi connectivity index (χ0v) is 66.1. The second kappa shape index (κ2) is 71.8. The quantitative estimate of drug-likeness (QED) is 0.0204. The molecule has 2 saturated heterocycles. The molecule has 0 spiro atoms. The number of aliphatic hydroxyl groups excluding tert-OH is 8. The summed E-state index contributed by atoms with van der Waals surface area (Å²) in [5.74, 6) is -0.245. The Bertz CT molecular complexity index is 1900. The van der Waals surface area contributed by atoms with Gasteiger partial charge in [0.25, 0.3) is 0 Å². The molecular weight excluding hydrogens is 1280 g/mol. The van der Waals surface area contributed by atoms with E-state index in [9.17, 15) is 45.6 Å². The van der Waals surface area contributed by atoms with Crippen LogP contribution in [0.1, 0.15) is 412 Å². The fourth-order valence-electron chi connectivity index (χ4n) is 14.6. The number of aliphatic hydroxyl groups is 8. The summed E-state index contributed by atoms with van der Waals surface area (Å²) >= 11 is 0. The van der Waals surface area contributed by atoms with Gasteiger partial charge in [-0.1, -0.05) is 383 Å². The lowest BCUT2D eigenvalue weighted by molar-refractivity contribution is -0.359. The van der Waals surface area contributed by atoms with Gasteiger partial charge in [0, 0.05) is 6.42 Å². The van der Waals surface area contributed by atoms with Crippen LogP contribution in [0.5, 0.6) is 0 Å². The van der Waals surface area contributed by atoms with Crippen molar-refractivity contribution in [3.8, 4) is 0 Å². The first-order valence-corrected chi connectivity index (χ1v) is 43.9. The molecule has 600 valence electrons. The molecule has 14 nitrogen and oxygen atoms in total. The Hall–Kier alpha value is -2.05. The number of allylic oxidation sites excluding steroid dienone is 7. The lowest BCUT2D eigenvalue weighted by atomic mass is 9.97. The maximum Gasteiger partial charge on any atom is 0.220 e. The van der Waals surface area contributed by atoms with Crippen LogP contribution in [-0.2, 0) is 23.7 Å². The average molecular weight is 1450 g/mol. The van der Waals surface area contributed by atoms with E-state index in [1.165, 1.54) is 334 Å². The Morgan fingerprint density at radius 2 is 0.627 bits per heavy atom. The van der Waals surface area contributed by atoms with Crippen LogP contribution in [0, 0.1) is 0 Å². The summed E-state index contributed by atoms with van der Waals surface area (Å²) in [6, 6.07) is -0.940. The molecule has 0 aromatic heterocycles. The van der Waals surface area contributed by atoms with E-state index < -0.39 is 86.8 Å². The van der Waals surface area contributed by atoms with Crippen LogP contribution in [0.15, 0.2) is 48.6 Å². The third-order valence-electron chi connectivity index (χ3n) is 21.5. The smallest absolute Gasteiger partial charge is 0.220 e. The molecule has 2 heterocycles. The van der Waals surface area contributed by atoms with Gasteiger partial charge in [-0.05, 0) is 70.6 Å². The Kier molecular flexibility index (Phi) is 67.6. The summed E-state index contributed by atoms with van der Waals surface area (Å²) in [6.45, 7) is 2.84. The number of carbonyl (C=O) groups is 1. The van der Waals surface area contributed by atoms with E-state index in [0.717, 1.165) is 44.9 Å². The first-order chi connectivity index (χ1) is 50.1. The number of hydrogen-bond donors (Lipinski definition) is 9. The van der Waals surface area contributed by atoms with Crippen molar-refractivity contribution in [3.05, 3.63) is 48.6 Å². The molecule has 2 aliphatic heterocycles. The molecule has 2 rings (SSSR count). The molecule has 0 aromatic rings. The molecule has 0 aliphatic carbocycles. The minimum atomic E-state index is -1.79.